The van der Waals surface area contributed by atoms with Gasteiger partial charge in [0.25, 0.3) is 5.24 Å². The highest BCUT2D eigenvalue weighted by Crippen LogP contribution is 2.24. The van der Waals surface area contributed by atoms with Crippen LogP contribution in [0.2, 0.25) is 0 Å². The predicted molar refractivity (Wildman–Crippen MR) is 47.9 cm³/mol. The summed E-state index contributed by atoms with van der Waals surface area (Å²) in [7, 11) is 1.41. The van der Waals surface area contributed by atoms with Crippen LogP contribution in [-0.4, -0.2) is 12.4 Å². The second-order valence-corrected chi connectivity index (χ2v) is 2.90. The minimum Gasteiger partial charge on any atom is -0.496 e. The second kappa shape index (κ2) is 3.75. The zero-order chi connectivity index (χ0) is 10.0. The Kier molecular flexibility index (Phi) is 2.88. The highest BCUT2D eigenvalue weighted by molar-refractivity contribution is 6.67. The Labute approximate surface area is 80.3 Å². The molecule has 0 bridgehead atoms. The molecule has 0 spiro atoms. The Morgan fingerprint density at radius 2 is 2.15 bits per heavy atom. The summed E-state index contributed by atoms with van der Waals surface area (Å²) in [6.07, 6.45) is 0. The molecule has 1 rings (SSSR count). The van der Waals surface area contributed by atoms with Crippen LogP contribution in [-0.2, 0) is 0 Å². The molecule has 0 amide bonds. The third-order valence-corrected chi connectivity index (χ3v) is 1.96. The van der Waals surface area contributed by atoms with Gasteiger partial charge in [0, 0.05) is 17.2 Å². The number of benzene rings is 1. The smallest absolute Gasteiger partial charge is 0.252 e. The molecule has 2 nitrogen and oxygen atoms in total. The van der Waals surface area contributed by atoms with Crippen molar-refractivity contribution in [1.29, 1.82) is 0 Å². The summed E-state index contributed by atoms with van der Waals surface area (Å²) in [6, 6.07) is 2.30. The van der Waals surface area contributed by atoms with Gasteiger partial charge in [-0.3, -0.25) is 4.79 Å². The van der Waals surface area contributed by atoms with E-state index in [1.807, 2.05) is 0 Å². The Bertz CT molecular complexity index is 350. The fraction of sp³-hybridized carbons (Fsp3) is 0.222. The lowest BCUT2D eigenvalue weighted by atomic mass is 10.1. The first kappa shape index (κ1) is 9.99. The van der Waals surface area contributed by atoms with Gasteiger partial charge in [0.05, 0.1) is 7.11 Å². The first-order valence-electron chi connectivity index (χ1n) is 3.60. The molecule has 0 heterocycles. The second-order valence-electron chi connectivity index (χ2n) is 2.55. The summed E-state index contributed by atoms with van der Waals surface area (Å²) < 4.78 is 17.7. The molecule has 0 radical (unpaired) electrons. The normalized spacial score (nSPS) is 9.85. The Hall–Kier alpha value is -1.09. The largest absolute Gasteiger partial charge is 0.496 e. The molecule has 0 saturated carbocycles. The average Bonchev–Trinajstić information content (AvgIpc) is 2.08. The van der Waals surface area contributed by atoms with Gasteiger partial charge in [-0.05, 0) is 24.6 Å². The van der Waals surface area contributed by atoms with Crippen molar-refractivity contribution in [2.24, 2.45) is 0 Å². The molecule has 0 aliphatic rings. The van der Waals surface area contributed by atoms with E-state index in [0.29, 0.717) is 11.3 Å². The van der Waals surface area contributed by atoms with E-state index < -0.39 is 11.1 Å². The van der Waals surface area contributed by atoms with E-state index in [9.17, 15) is 9.18 Å². The van der Waals surface area contributed by atoms with E-state index in [2.05, 4.69) is 0 Å². The van der Waals surface area contributed by atoms with Crippen molar-refractivity contribution < 1.29 is 13.9 Å². The van der Waals surface area contributed by atoms with E-state index in [1.165, 1.54) is 13.2 Å². The molecule has 0 aromatic heterocycles. The van der Waals surface area contributed by atoms with Gasteiger partial charge in [-0.25, -0.2) is 4.39 Å². The molecule has 0 fully saturated rings. The van der Waals surface area contributed by atoms with Gasteiger partial charge < -0.3 is 4.74 Å². The van der Waals surface area contributed by atoms with Crippen LogP contribution in [0.15, 0.2) is 12.1 Å². The van der Waals surface area contributed by atoms with Gasteiger partial charge >= 0.3 is 0 Å². The Morgan fingerprint density at radius 1 is 1.54 bits per heavy atom. The first-order valence-corrected chi connectivity index (χ1v) is 3.98. The summed E-state index contributed by atoms with van der Waals surface area (Å²) in [6.45, 7) is 1.65. The van der Waals surface area contributed by atoms with Crippen molar-refractivity contribution in [3.63, 3.8) is 0 Å². The lowest BCUT2D eigenvalue weighted by Crippen LogP contribution is -1.98. The van der Waals surface area contributed by atoms with Crippen LogP contribution in [0.5, 0.6) is 5.75 Å². The van der Waals surface area contributed by atoms with E-state index in [4.69, 9.17) is 16.3 Å². The maximum Gasteiger partial charge on any atom is 0.252 e. The van der Waals surface area contributed by atoms with Crippen molar-refractivity contribution in [3.05, 3.63) is 29.1 Å². The maximum absolute atomic E-state index is 12.9. The third kappa shape index (κ3) is 1.98. The van der Waals surface area contributed by atoms with Crippen LogP contribution in [0.3, 0.4) is 0 Å². The molecule has 70 valence electrons. The van der Waals surface area contributed by atoms with E-state index in [-0.39, 0.29) is 5.56 Å². The van der Waals surface area contributed by atoms with Gasteiger partial charge in [0.15, 0.2) is 0 Å². The van der Waals surface area contributed by atoms with Gasteiger partial charge in [0.2, 0.25) is 0 Å². The van der Waals surface area contributed by atoms with Crippen molar-refractivity contribution in [2.45, 2.75) is 6.92 Å². The van der Waals surface area contributed by atoms with Crippen molar-refractivity contribution in [2.75, 3.05) is 7.11 Å². The van der Waals surface area contributed by atoms with Crippen molar-refractivity contribution in [1.82, 2.24) is 0 Å². The van der Waals surface area contributed by atoms with Crippen LogP contribution in [0.1, 0.15) is 15.9 Å². The number of hydrogen-bond donors (Lipinski definition) is 0. The number of ether oxygens (including phenoxy) is 1. The summed E-state index contributed by atoms with van der Waals surface area (Å²) in [5, 5.41) is -0.685. The van der Waals surface area contributed by atoms with Gasteiger partial charge in [0.1, 0.15) is 11.6 Å². The van der Waals surface area contributed by atoms with E-state index >= 15 is 0 Å². The number of halogens is 2. The highest BCUT2D eigenvalue weighted by atomic mass is 35.5. The molecule has 0 N–H and O–H groups in total. The SMILES string of the molecule is COc1cc(F)cc(C(=O)Cl)c1C. The van der Waals surface area contributed by atoms with Crippen LogP contribution in [0.4, 0.5) is 4.39 Å². The molecule has 0 atom stereocenters. The van der Waals surface area contributed by atoms with Crippen molar-refractivity contribution in [3.8, 4) is 5.75 Å². The zero-order valence-corrected chi connectivity index (χ0v) is 7.98. The molecule has 4 heteroatoms. The Balaban J connectivity index is 3.35. The van der Waals surface area contributed by atoms with Crippen LogP contribution < -0.4 is 4.74 Å². The van der Waals surface area contributed by atoms with Gasteiger partial charge in [-0.1, -0.05) is 0 Å². The first-order chi connectivity index (χ1) is 6.06. The molecule has 13 heavy (non-hydrogen) atoms. The number of carbonyl (C=O) groups is 1. The fourth-order valence-corrected chi connectivity index (χ4v) is 1.27. The van der Waals surface area contributed by atoms with Gasteiger partial charge in [-0.2, -0.15) is 0 Å². The summed E-state index contributed by atoms with van der Waals surface area (Å²) >= 11 is 5.25. The molecular weight excluding hydrogens is 195 g/mol. The third-order valence-electron chi connectivity index (χ3n) is 1.76. The quantitative estimate of drug-likeness (QED) is 0.689. The molecule has 0 unspecified atom stereocenters. The van der Waals surface area contributed by atoms with Crippen LogP contribution in [0.25, 0.3) is 0 Å². The summed E-state index contributed by atoms with van der Waals surface area (Å²) in [5.74, 6) is -0.213. The van der Waals surface area contributed by atoms with Crippen molar-refractivity contribution >= 4 is 16.8 Å². The average molecular weight is 203 g/mol. The van der Waals surface area contributed by atoms with E-state index in [1.54, 1.807) is 6.92 Å². The lowest BCUT2D eigenvalue weighted by Gasteiger charge is -2.07. The summed E-state index contributed by atoms with van der Waals surface area (Å²) in [4.78, 5) is 10.8. The van der Waals surface area contributed by atoms with Gasteiger partial charge in [-0.15, -0.1) is 0 Å². The maximum atomic E-state index is 12.9. The van der Waals surface area contributed by atoms with Crippen LogP contribution in [0, 0.1) is 12.7 Å². The topological polar surface area (TPSA) is 26.3 Å². The highest BCUT2D eigenvalue weighted by Gasteiger charge is 2.12. The molecule has 0 aliphatic heterocycles. The zero-order valence-electron chi connectivity index (χ0n) is 7.23. The summed E-state index contributed by atoms with van der Waals surface area (Å²) in [5.41, 5.74) is 0.683. The number of rotatable bonds is 2. The Morgan fingerprint density at radius 3 is 2.62 bits per heavy atom. The molecule has 1 aromatic rings. The molecule has 0 saturated heterocycles. The van der Waals surface area contributed by atoms with E-state index in [0.717, 1.165) is 6.07 Å². The molecule has 1 aromatic carbocycles. The standard InChI is InChI=1S/C9H8ClFO2/c1-5-7(9(10)12)3-6(11)4-8(5)13-2/h3-4H,1-2H3. The minimum absolute atomic E-state index is 0.138. The number of hydrogen-bond acceptors (Lipinski definition) is 2. The molecule has 0 aliphatic carbocycles. The number of carbonyl (C=O) groups excluding carboxylic acids is 1. The predicted octanol–water partition coefficient (Wildman–Crippen LogP) is 2.52. The fourth-order valence-electron chi connectivity index (χ4n) is 1.07. The minimum atomic E-state index is -0.685. The monoisotopic (exact) mass is 202 g/mol. The lowest BCUT2D eigenvalue weighted by molar-refractivity contribution is 0.108. The molecular formula is C9H8ClFO2. The number of methoxy groups -OCH3 is 1. The van der Waals surface area contributed by atoms with Crippen LogP contribution >= 0.6 is 11.6 Å².